The Labute approximate surface area is 96.6 Å². The Morgan fingerprint density at radius 1 is 1.33 bits per heavy atom. The third-order valence-corrected chi connectivity index (χ3v) is 2.67. The molecule has 2 rings (SSSR count). The fraction of sp³-hybridized carbons (Fsp3) is 0.455. The van der Waals surface area contributed by atoms with E-state index in [-0.39, 0.29) is 18.5 Å². The van der Waals surface area contributed by atoms with Crippen molar-refractivity contribution < 1.29 is 4.84 Å². The molecule has 1 unspecified atom stereocenters. The zero-order valence-corrected chi connectivity index (χ0v) is 9.45. The van der Waals surface area contributed by atoms with Crippen LogP contribution in [0, 0.1) is 0 Å². The third kappa shape index (κ3) is 3.47. The number of halogens is 1. The molecule has 0 saturated carbocycles. The molecule has 0 spiro atoms. The van der Waals surface area contributed by atoms with Crippen LogP contribution in [0.3, 0.4) is 0 Å². The van der Waals surface area contributed by atoms with Crippen molar-refractivity contribution in [2.45, 2.75) is 19.1 Å². The largest absolute Gasteiger partial charge is 0.300 e. The molecule has 1 fully saturated rings. The molecule has 1 heterocycles. The van der Waals surface area contributed by atoms with Gasteiger partial charge in [0, 0.05) is 19.6 Å². The second-order valence-electron chi connectivity index (χ2n) is 3.77. The van der Waals surface area contributed by atoms with Gasteiger partial charge in [-0.05, 0) is 12.0 Å². The molecule has 1 aliphatic rings. The molecule has 1 aromatic carbocycles. The van der Waals surface area contributed by atoms with Crippen LogP contribution in [0.2, 0.25) is 0 Å². The Hall–Kier alpha value is -0.610. The molecule has 2 N–H and O–H groups in total. The van der Waals surface area contributed by atoms with Gasteiger partial charge in [0.15, 0.2) is 0 Å². The topological polar surface area (TPSA) is 38.5 Å². The summed E-state index contributed by atoms with van der Waals surface area (Å²) in [6.07, 6.45) is 1.27. The average molecular weight is 229 g/mol. The summed E-state index contributed by atoms with van der Waals surface area (Å²) in [6.45, 7) is 3.03. The van der Waals surface area contributed by atoms with Crippen molar-refractivity contribution in [2.24, 2.45) is 5.90 Å². The van der Waals surface area contributed by atoms with Crippen LogP contribution in [0.4, 0.5) is 0 Å². The lowest BCUT2D eigenvalue weighted by Crippen LogP contribution is -2.24. The van der Waals surface area contributed by atoms with E-state index in [1.54, 1.807) is 0 Å². The first-order valence-electron chi connectivity index (χ1n) is 5.00. The van der Waals surface area contributed by atoms with Gasteiger partial charge in [-0.1, -0.05) is 30.3 Å². The predicted octanol–water partition coefficient (Wildman–Crippen LogP) is 1.57. The Kier molecular flexibility index (Phi) is 5.05. The minimum Gasteiger partial charge on any atom is -0.300 e. The molecule has 1 saturated heterocycles. The maximum Gasteiger partial charge on any atom is 0.0926 e. The van der Waals surface area contributed by atoms with Crippen LogP contribution in [0.1, 0.15) is 12.0 Å². The van der Waals surface area contributed by atoms with Crippen molar-refractivity contribution in [1.82, 2.24) is 4.90 Å². The lowest BCUT2D eigenvalue weighted by atomic mass is 10.2. The second-order valence-corrected chi connectivity index (χ2v) is 3.77. The molecule has 3 nitrogen and oxygen atoms in total. The van der Waals surface area contributed by atoms with Crippen LogP contribution in [0.25, 0.3) is 0 Å². The highest BCUT2D eigenvalue weighted by molar-refractivity contribution is 5.85. The molecular formula is C11H17ClN2O. The minimum absolute atomic E-state index is 0. The number of hydrogen-bond donors (Lipinski definition) is 1. The van der Waals surface area contributed by atoms with E-state index in [0.717, 1.165) is 26.1 Å². The summed E-state index contributed by atoms with van der Waals surface area (Å²) in [4.78, 5) is 7.21. The molecule has 0 amide bonds. The molecule has 1 atom stereocenters. The maximum absolute atomic E-state index is 5.16. The quantitative estimate of drug-likeness (QED) is 0.799. The van der Waals surface area contributed by atoms with Crippen molar-refractivity contribution in [3.05, 3.63) is 35.9 Å². The van der Waals surface area contributed by atoms with Crippen molar-refractivity contribution >= 4 is 12.4 Å². The first kappa shape index (κ1) is 12.5. The van der Waals surface area contributed by atoms with E-state index in [1.165, 1.54) is 5.56 Å². The number of rotatable bonds is 3. The average Bonchev–Trinajstić information content (AvgIpc) is 2.67. The van der Waals surface area contributed by atoms with Crippen molar-refractivity contribution in [2.75, 3.05) is 13.1 Å². The molecule has 0 bridgehead atoms. The van der Waals surface area contributed by atoms with Gasteiger partial charge in [-0.25, -0.2) is 5.90 Å². The van der Waals surface area contributed by atoms with Gasteiger partial charge in [0.1, 0.15) is 0 Å². The van der Waals surface area contributed by atoms with Gasteiger partial charge in [0.05, 0.1) is 6.10 Å². The first-order valence-corrected chi connectivity index (χ1v) is 5.00. The van der Waals surface area contributed by atoms with Gasteiger partial charge >= 0.3 is 0 Å². The zero-order valence-electron chi connectivity index (χ0n) is 8.63. The highest BCUT2D eigenvalue weighted by atomic mass is 35.5. The van der Waals surface area contributed by atoms with Gasteiger partial charge in [0.2, 0.25) is 0 Å². The summed E-state index contributed by atoms with van der Waals surface area (Å²) < 4.78 is 0. The number of nitrogens with zero attached hydrogens (tertiary/aromatic N) is 1. The fourth-order valence-corrected chi connectivity index (χ4v) is 1.89. The Morgan fingerprint density at radius 2 is 2.07 bits per heavy atom. The number of benzene rings is 1. The second kappa shape index (κ2) is 6.08. The Bertz CT molecular complexity index is 281. The Balaban J connectivity index is 0.00000112. The normalized spacial score (nSPS) is 21.3. The van der Waals surface area contributed by atoms with E-state index in [9.17, 15) is 0 Å². The molecule has 15 heavy (non-hydrogen) atoms. The van der Waals surface area contributed by atoms with Crippen LogP contribution in [0.5, 0.6) is 0 Å². The maximum atomic E-state index is 5.16. The summed E-state index contributed by atoms with van der Waals surface area (Å²) in [7, 11) is 0. The highest BCUT2D eigenvalue weighted by Crippen LogP contribution is 2.14. The number of hydrogen-bond acceptors (Lipinski definition) is 3. The minimum atomic E-state index is 0. The van der Waals surface area contributed by atoms with Gasteiger partial charge in [-0.15, -0.1) is 12.4 Å². The van der Waals surface area contributed by atoms with E-state index >= 15 is 0 Å². The highest BCUT2D eigenvalue weighted by Gasteiger charge is 2.22. The molecule has 84 valence electrons. The summed E-state index contributed by atoms with van der Waals surface area (Å²) in [5, 5.41) is 0. The summed E-state index contributed by atoms with van der Waals surface area (Å²) in [6, 6.07) is 10.5. The molecule has 0 aliphatic carbocycles. The van der Waals surface area contributed by atoms with Crippen LogP contribution in [0.15, 0.2) is 30.3 Å². The van der Waals surface area contributed by atoms with Crippen molar-refractivity contribution in [3.8, 4) is 0 Å². The first-order chi connectivity index (χ1) is 6.88. The Morgan fingerprint density at radius 3 is 2.67 bits per heavy atom. The van der Waals surface area contributed by atoms with Gasteiger partial charge in [0.25, 0.3) is 0 Å². The molecule has 0 radical (unpaired) electrons. The molecule has 0 aromatic heterocycles. The van der Waals surface area contributed by atoms with Gasteiger partial charge in [-0.2, -0.15) is 0 Å². The fourth-order valence-electron chi connectivity index (χ4n) is 1.89. The monoisotopic (exact) mass is 228 g/mol. The van der Waals surface area contributed by atoms with Crippen LogP contribution in [-0.2, 0) is 11.4 Å². The van der Waals surface area contributed by atoms with E-state index in [1.807, 2.05) is 6.07 Å². The molecule has 1 aliphatic heterocycles. The molecular weight excluding hydrogens is 212 g/mol. The smallest absolute Gasteiger partial charge is 0.0926 e. The lowest BCUT2D eigenvalue weighted by Gasteiger charge is -2.14. The van der Waals surface area contributed by atoms with E-state index in [0.29, 0.717) is 0 Å². The van der Waals surface area contributed by atoms with Gasteiger partial charge < -0.3 is 0 Å². The van der Waals surface area contributed by atoms with Crippen molar-refractivity contribution in [3.63, 3.8) is 0 Å². The summed E-state index contributed by atoms with van der Waals surface area (Å²) in [5.41, 5.74) is 1.35. The zero-order chi connectivity index (χ0) is 9.80. The summed E-state index contributed by atoms with van der Waals surface area (Å²) >= 11 is 0. The number of likely N-dealkylation sites (tertiary alicyclic amines) is 1. The van der Waals surface area contributed by atoms with Crippen molar-refractivity contribution in [1.29, 1.82) is 0 Å². The number of nitrogens with two attached hydrogens (primary N) is 1. The van der Waals surface area contributed by atoms with Crippen LogP contribution < -0.4 is 5.90 Å². The van der Waals surface area contributed by atoms with Crippen LogP contribution >= 0.6 is 12.4 Å². The third-order valence-electron chi connectivity index (χ3n) is 2.67. The predicted molar refractivity (Wildman–Crippen MR) is 62.6 cm³/mol. The SMILES string of the molecule is Cl.NOC1CCN(Cc2ccccc2)C1. The van der Waals surface area contributed by atoms with E-state index in [4.69, 9.17) is 10.7 Å². The van der Waals surface area contributed by atoms with E-state index in [2.05, 4.69) is 29.2 Å². The summed E-state index contributed by atoms with van der Waals surface area (Å²) in [5.74, 6) is 5.16. The molecule has 1 aromatic rings. The lowest BCUT2D eigenvalue weighted by molar-refractivity contribution is 0.0589. The van der Waals surface area contributed by atoms with E-state index < -0.39 is 0 Å². The van der Waals surface area contributed by atoms with Crippen LogP contribution in [-0.4, -0.2) is 24.1 Å². The molecule has 4 heteroatoms. The van der Waals surface area contributed by atoms with Gasteiger partial charge in [-0.3, -0.25) is 9.74 Å². The standard InChI is InChI=1S/C11H16N2O.ClH/c12-14-11-6-7-13(9-11)8-10-4-2-1-3-5-10;/h1-5,11H,6-9,12H2;1H.